The van der Waals surface area contributed by atoms with Crippen molar-refractivity contribution in [3.05, 3.63) is 96.1 Å². The Kier molecular flexibility index (Phi) is 17.9. The molecule has 0 heterocycles. The number of hydrogen-bond donors (Lipinski definition) is 2. The van der Waals surface area contributed by atoms with Crippen LogP contribution in [0.5, 0.6) is 34.5 Å². The first kappa shape index (κ1) is 42.3. The zero-order chi connectivity index (χ0) is 35.2. The average Bonchev–Trinajstić information content (AvgIpc) is 3.04. The summed E-state index contributed by atoms with van der Waals surface area (Å²) in [6.45, 7) is 4.29. The van der Waals surface area contributed by atoms with Crippen LogP contribution in [0.15, 0.2) is 94.7 Å². The predicted octanol–water partition coefficient (Wildman–Crippen LogP) is 7.75. The van der Waals surface area contributed by atoms with E-state index in [4.69, 9.17) is 9.47 Å². The number of para-hydroxylation sites is 2. The molecule has 0 aliphatic carbocycles. The molecule has 2 N–H and O–H groups in total. The van der Waals surface area contributed by atoms with Gasteiger partial charge in [0.1, 0.15) is 43.8 Å². The summed E-state index contributed by atoms with van der Waals surface area (Å²) in [5.74, 6) is 0.0940. The summed E-state index contributed by atoms with van der Waals surface area (Å²) in [5.41, 5.74) is 1.91. The fraction of sp³-hybridized carbons (Fsp3) is 0.333. The SMILES string of the molecule is CCCCCCc1ccccc1Oc1ccc(O)cc1S(=O)(=O)O.CCCCCCc1ccccc1Oc1ccc([O-])cc1S(=O)(=O)[O-].[Ca+2]. The van der Waals surface area contributed by atoms with E-state index in [2.05, 4.69) is 13.8 Å². The number of aromatic hydroxyl groups is 1. The molecule has 0 unspecified atom stereocenters. The van der Waals surface area contributed by atoms with E-state index in [0.717, 1.165) is 81.0 Å². The first-order chi connectivity index (χ1) is 22.8. The van der Waals surface area contributed by atoms with Crippen LogP contribution in [0.1, 0.15) is 76.3 Å². The number of benzene rings is 4. The van der Waals surface area contributed by atoms with E-state index in [1.165, 1.54) is 30.7 Å². The summed E-state index contributed by atoms with van der Waals surface area (Å²) >= 11 is 0. The molecule has 0 aliphatic rings. The Balaban J connectivity index is 0.000000333. The van der Waals surface area contributed by atoms with Crippen LogP contribution >= 0.6 is 0 Å². The Morgan fingerprint density at radius 1 is 0.612 bits per heavy atom. The molecule has 260 valence electrons. The second-order valence-corrected chi connectivity index (χ2v) is 13.9. The Bertz CT molecular complexity index is 1710. The molecular weight excluding hydrogens is 697 g/mol. The van der Waals surface area contributed by atoms with Gasteiger partial charge in [-0.1, -0.05) is 94.8 Å². The van der Waals surface area contributed by atoms with Gasteiger partial charge in [-0.2, -0.15) is 8.42 Å². The van der Waals surface area contributed by atoms with E-state index >= 15 is 0 Å². The third-order valence-corrected chi connectivity index (χ3v) is 9.11. The normalized spacial score (nSPS) is 11.2. The van der Waals surface area contributed by atoms with Gasteiger partial charge in [0, 0.05) is 6.07 Å². The van der Waals surface area contributed by atoms with Gasteiger partial charge < -0.3 is 24.2 Å². The number of hydrogen-bond acceptors (Lipinski definition) is 9. The maximum absolute atomic E-state index is 11.5. The van der Waals surface area contributed by atoms with Gasteiger partial charge >= 0.3 is 37.7 Å². The molecule has 0 fully saturated rings. The van der Waals surface area contributed by atoms with Crippen molar-refractivity contribution in [1.82, 2.24) is 0 Å². The van der Waals surface area contributed by atoms with Crippen LogP contribution in [0.2, 0.25) is 0 Å². The molecule has 13 heteroatoms. The molecule has 10 nitrogen and oxygen atoms in total. The maximum Gasteiger partial charge on any atom is 2.00 e. The first-order valence-electron chi connectivity index (χ1n) is 15.9. The van der Waals surface area contributed by atoms with Crippen molar-refractivity contribution in [3.63, 3.8) is 0 Å². The number of unbranched alkanes of at least 4 members (excludes halogenated alkanes) is 6. The van der Waals surface area contributed by atoms with Crippen LogP contribution in [0.3, 0.4) is 0 Å². The van der Waals surface area contributed by atoms with E-state index in [1.54, 1.807) is 24.3 Å². The molecule has 4 aromatic rings. The van der Waals surface area contributed by atoms with Crippen LogP contribution in [-0.4, -0.2) is 68.8 Å². The van der Waals surface area contributed by atoms with Crippen molar-refractivity contribution in [2.45, 2.75) is 87.8 Å². The first-order valence-corrected chi connectivity index (χ1v) is 18.8. The van der Waals surface area contributed by atoms with Crippen molar-refractivity contribution >= 4 is 58.0 Å². The maximum atomic E-state index is 11.5. The van der Waals surface area contributed by atoms with Gasteiger partial charge in [-0.25, -0.2) is 8.42 Å². The zero-order valence-electron chi connectivity index (χ0n) is 27.8. The van der Waals surface area contributed by atoms with E-state index in [0.29, 0.717) is 11.5 Å². The summed E-state index contributed by atoms with van der Waals surface area (Å²) in [5, 5.41) is 20.8. The average molecular weight is 739 g/mol. The quantitative estimate of drug-likeness (QED) is 0.0657. The molecule has 0 saturated heterocycles. The molecule has 0 saturated carbocycles. The van der Waals surface area contributed by atoms with Gasteiger partial charge in [-0.15, -0.1) is 5.75 Å². The van der Waals surface area contributed by atoms with Crippen molar-refractivity contribution in [2.24, 2.45) is 0 Å². The fourth-order valence-electron chi connectivity index (χ4n) is 4.89. The molecule has 0 radical (unpaired) electrons. The summed E-state index contributed by atoms with van der Waals surface area (Å²) < 4.78 is 77.7. The minimum Gasteiger partial charge on any atom is -0.872 e. The van der Waals surface area contributed by atoms with Gasteiger partial charge in [0.25, 0.3) is 10.1 Å². The van der Waals surface area contributed by atoms with Crippen molar-refractivity contribution in [1.29, 1.82) is 0 Å². The minimum atomic E-state index is -4.79. The smallest absolute Gasteiger partial charge is 0.872 e. The predicted molar refractivity (Wildman–Crippen MR) is 186 cm³/mol. The van der Waals surface area contributed by atoms with Crippen molar-refractivity contribution < 1.29 is 45.6 Å². The van der Waals surface area contributed by atoms with Crippen LogP contribution in [0.25, 0.3) is 0 Å². The Morgan fingerprint density at radius 3 is 1.55 bits per heavy atom. The van der Waals surface area contributed by atoms with Crippen LogP contribution in [-0.2, 0) is 33.1 Å². The molecule has 4 rings (SSSR count). The number of rotatable bonds is 16. The molecule has 0 bridgehead atoms. The summed E-state index contributed by atoms with van der Waals surface area (Å²) in [7, 11) is -9.29. The Labute approximate surface area is 319 Å². The second-order valence-electron chi connectivity index (χ2n) is 11.2. The fourth-order valence-corrected chi connectivity index (χ4v) is 6.14. The molecule has 0 aromatic heterocycles. The molecule has 0 spiro atoms. The topological polar surface area (TPSA) is 173 Å². The van der Waals surface area contributed by atoms with Gasteiger partial charge in [-0.3, -0.25) is 4.55 Å². The second kappa shape index (κ2) is 20.7. The van der Waals surface area contributed by atoms with Gasteiger partial charge in [0.15, 0.2) is 0 Å². The molecule has 49 heavy (non-hydrogen) atoms. The van der Waals surface area contributed by atoms with Crippen molar-refractivity contribution in [2.75, 3.05) is 0 Å². The number of aryl methyl sites for hydroxylation is 2. The van der Waals surface area contributed by atoms with Crippen LogP contribution in [0, 0.1) is 0 Å². The standard InChI is InChI=1S/2C18H22O5S.Ca/c2*1-2-3-4-5-8-14-9-6-7-10-16(14)23-17-12-11-15(19)13-18(17)24(20,21)22;/h2*6-7,9-13,19H,2-5,8H2,1H3,(H,20,21,22);/q;;+2/p-2. The summed E-state index contributed by atoms with van der Waals surface area (Å²) in [6, 6.07) is 21.5. The third kappa shape index (κ3) is 14.1. The minimum absolute atomic E-state index is 0. The van der Waals surface area contributed by atoms with E-state index in [-0.39, 0.29) is 55.0 Å². The summed E-state index contributed by atoms with van der Waals surface area (Å²) in [4.78, 5) is -1.08. The molecule has 0 aliphatic heterocycles. The van der Waals surface area contributed by atoms with E-state index in [9.17, 15) is 36.2 Å². The largest absolute Gasteiger partial charge is 2.00 e. The molecular formula is C36H42CaO10S2. The molecule has 4 aromatic carbocycles. The summed E-state index contributed by atoms with van der Waals surface area (Å²) in [6.07, 6.45) is 10.5. The monoisotopic (exact) mass is 738 g/mol. The van der Waals surface area contributed by atoms with Crippen LogP contribution in [0.4, 0.5) is 0 Å². The number of ether oxygens (including phenoxy) is 2. The zero-order valence-corrected chi connectivity index (χ0v) is 31.7. The van der Waals surface area contributed by atoms with E-state index < -0.39 is 35.8 Å². The van der Waals surface area contributed by atoms with Crippen molar-refractivity contribution in [3.8, 4) is 34.5 Å². The van der Waals surface area contributed by atoms with Gasteiger partial charge in [-0.05, 0) is 73.2 Å². The number of phenolic OH excluding ortho intramolecular Hbond substituents is 1. The van der Waals surface area contributed by atoms with E-state index in [1.807, 2.05) is 24.3 Å². The molecule has 0 amide bonds. The third-order valence-electron chi connectivity index (χ3n) is 7.37. The van der Waals surface area contributed by atoms with Gasteiger partial charge in [0.05, 0.1) is 4.90 Å². The van der Waals surface area contributed by atoms with Crippen LogP contribution < -0.4 is 14.6 Å². The van der Waals surface area contributed by atoms with Gasteiger partial charge in [0.2, 0.25) is 0 Å². The number of phenols is 1. The Morgan fingerprint density at radius 2 is 1.08 bits per heavy atom. The molecule has 0 atom stereocenters. The Hall–Kier alpha value is -2.84.